The first-order chi connectivity index (χ1) is 8.38. The highest BCUT2D eigenvalue weighted by atomic mass is 15.1. The molecule has 0 heterocycles. The second-order valence-corrected chi connectivity index (χ2v) is 5.73. The molecule has 0 aliphatic heterocycles. The van der Waals surface area contributed by atoms with E-state index in [0.29, 0.717) is 12.1 Å². The summed E-state index contributed by atoms with van der Waals surface area (Å²) in [5.41, 5.74) is -0.386. The van der Waals surface area contributed by atoms with Gasteiger partial charge in [-0.3, -0.25) is 5.32 Å². The molecule has 0 aromatic rings. The van der Waals surface area contributed by atoms with Gasteiger partial charge in [0, 0.05) is 12.1 Å². The summed E-state index contributed by atoms with van der Waals surface area (Å²) < 4.78 is 0. The molecule has 0 aromatic heterocycles. The van der Waals surface area contributed by atoms with Crippen LogP contribution in [0.15, 0.2) is 0 Å². The molecule has 0 bridgehead atoms. The van der Waals surface area contributed by atoms with Gasteiger partial charge in [-0.25, -0.2) is 0 Å². The summed E-state index contributed by atoms with van der Waals surface area (Å²) in [5, 5.41) is 12.6. The van der Waals surface area contributed by atoms with E-state index in [1.807, 2.05) is 6.92 Å². The van der Waals surface area contributed by atoms with Crippen LogP contribution in [0.4, 0.5) is 0 Å². The maximum atomic E-state index is 9.29. The summed E-state index contributed by atoms with van der Waals surface area (Å²) in [6.07, 6.45) is 3.17. The monoisotopic (exact) mass is 253 g/mol. The van der Waals surface area contributed by atoms with Gasteiger partial charge >= 0.3 is 0 Å². The maximum Gasteiger partial charge on any atom is 0.104 e. The van der Waals surface area contributed by atoms with Crippen molar-refractivity contribution < 1.29 is 0 Å². The lowest BCUT2D eigenvalue weighted by Gasteiger charge is -2.30. The molecule has 0 aliphatic rings. The fourth-order valence-corrected chi connectivity index (χ4v) is 2.38. The van der Waals surface area contributed by atoms with E-state index in [4.69, 9.17) is 0 Å². The van der Waals surface area contributed by atoms with Crippen LogP contribution >= 0.6 is 0 Å². The van der Waals surface area contributed by atoms with Crippen LogP contribution in [0.2, 0.25) is 0 Å². The van der Waals surface area contributed by atoms with Gasteiger partial charge in [0.25, 0.3) is 0 Å². The van der Waals surface area contributed by atoms with E-state index in [9.17, 15) is 5.26 Å². The zero-order valence-corrected chi connectivity index (χ0v) is 13.1. The smallest absolute Gasteiger partial charge is 0.104 e. The Kier molecular flexibility index (Phi) is 8.22. The van der Waals surface area contributed by atoms with Crippen molar-refractivity contribution >= 4 is 0 Å². The van der Waals surface area contributed by atoms with Gasteiger partial charge in [-0.1, -0.05) is 13.8 Å². The fraction of sp³-hybridized carbons (Fsp3) is 0.933. The van der Waals surface area contributed by atoms with Crippen LogP contribution in [0.25, 0.3) is 0 Å². The van der Waals surface area contributed by atoms with Gasteiger partial charge in [-0.15, -0.1) is 0 Å². The van der Waals surface area contributed by atoms with E-state index in [1.165, 1.54) is 6.42 Å². The van der Waals surface area contributed by atoms with E-state index in [2.05, 4.69) is 50.9 Å². The Balaban J connectivity index is 4.18. The van der Waals surface area contributed by atoms with Gasteiger partial charge in [0.1, 0.15) is 5.54 Å². The highest BCUT2D eigenvalue weighted by Gasteiger charge is 2.24. The molecule has 3 heteroatoms. The Morgan fingerprint density at radius 1 is 1.28 bits per heavy atom. The molecule has 3 nitrogen and oxygen atoms in total. The molecule has 0 amide bonds. The van der Waals surface area contributed by atoms with Crippen molar-refractivity contribution in [1.82, 2.24) is 10.2 Å². The molecule has 2 atom stereocenters. The predicted molar refractivity (Wildman–Crippen MR) is 78.5 cm³/mol. The van der Waals surface area contributed by atoms with Gasteiger partial charge in [-0.2, -0.15) is 5.26 Å². The Labute approximate surface area is 114 Å². The minimum absolute atomic E-state index is 0.353. The third kappa shape index (κ3) is 6.37. The number of nitriles is 1. The number of nitrogens with zero attached hydrogens (tertiary/aromatic N) is 2. The first-order valence-corrected chi connectivity index (χ1v) is 7.31. The molecule has 0 aromatic carbocycles. The zero-order chi connectivity index (χ0) is 14.2. The van der Waals surface area contributed by atoms with Crippen molar-refractivity contribution in [3.8, 4) is 6.07 Å². The summed E-state index contributed by atoms with van der Waals surface area (Å²) in [5.74, 6) is 0. The molecule has 0 radical (unpaired) electrons. The standard InChI is InChI=1S/C15H31N3/c1-7-14(5)18(8-2)11-9-10-15(6,12-16)17-13(3)4/h13-14,17H,7-11H2,1-6H3. The molecule has 0 fully saturated rings. The van der Waals surface area contributed by atoms with Gasteiger partial charge in [0.05, 0.1) is 6.07 Å². The van der Waals surface area contributed by atoms with E-state index < -0.39 is 0 Å². The maximum absolute atomic E-state index is 9.29. The number of nitrogens with one attached hydrogen (secondary N) is 1. The minimum atomic E-state index is -0.386. The number of hydrogen-bond donors (Lipinski definition) is 1. The highest BCUT2D eigenvalue weighted by Crippen LogP contribution is 2.14. The van der Waals surface area contributed by atoms with E-state index in [-0.39, 0.29) is 5.54 Å². The summed E-state index contributed by atoms with van der Waals surface area (Å²) in [7, 11) is 0. The van der Waals surface area contributed by atoms with Crippen molar-refractivity contribution in [1.29, 1.82) is 5.26 Å². The molecule has 18 heavy (non-hydrogen) atoms. The normalized spacial score (nSPS) is 16.6. The second kappa shape index (κ2) is 8.50. The topological polar surface area (TPSA) is 39.1 Å². The van der Waals surface area contributed by atoms with Gasteiger partial charge < -0.3 is 4.90 Å². The predicted octanol–water partition coefficient (Wildman–Crippen LogP) is 3.17. The molecular weight excluding hydrogens is 222 g/mol. The Hall–Kier alpha value is -0.590. The molecule has 0 aliphatic carbocycles. The summed E-state index contributed by atoms with van der Waals surface area (Å²) >= 11 is 0. The number of hydrogen-bond acceptors (Lipinski definition) is 3. The van der Waals surface area contributed by atoms with Gasteiger partial charge in [0.15, 0.2) is 0 Å². The third-order valence-electron chi connectivity index (χ3n) is 3.60. The highest BCUT2D eigenvalue weighted by molar-refractivity contribution is 5.04. The van der Waals surface area contributed by atoms with Gasteiger partial charge in [-0.05, 0) is 60.0 Å². The first kappa shape index (κ1) is 17.4. The van der Waals surface area contributed by atoms with Crippen LogP contribution in [0.3, 0.4) is 0 Å². The SMILES string of the molecule is CCC(C)N(CC)CCCC(C)(C#N)NC(C)C. The second-order valence-electron chi connectivity index (χ2n) is 5.73. The minimum Gasteiger partial charge on any atom is -0.301 e. The van der Waals surface area contributed by atoms with Crippen molar-refractivity contribution in [2.24, 2.45) is 0 Å². The van der Waals surface area contributed by atoms with Crippen molar-refractivity contribution in [2.45, 2.75) is 78.4 Å². The van der Waals surface area contributed by atoms with Crippen LogP contribution in [0.1, 0.15) is 60.8 Å². The lowest BCUT2D eigenvalue weighted by molar-refractivity contribution is 0.203. The van der Waals surface area contributed by atoms with Crippen LogP contribution in [-0.2, 0) is 0 Å². The third-order valence-corrected chi connectivity index (χ3v) is 3.60. The lowest BCUT2D eigenvalue weighted by atomic mass is 9.96. The van der Waals surface area contributed by atoms with Crippen molar-refractivity contribution in [2.75, 3.05) is 13.1 Å². The average Bonchev–Trinajstić information content (AvgIpc) is 2.33. The quantitative estimate of drug-likeness (QED) is 0.686. The van der Waals surface area contributed by atoms with Crippen LogP contribution in [0, 0.1) is 11.3 Å². The molecule has 0 rings (SSSR count). The Morgan fingerprint density at radius 2 is 1.89 bits per heavy atom. The molecule has 0 saturated heterocycles. The molecule has 1 N–H and O–H groups in total. The summed E-state index contributed by atoms with van der Waals surface area (Å²) in [4.78, 5) is 2.49. The molecule has 0 spiro atoms. The Bertz CT molecular complexity index is 257. The first-order valence-electron chi connectivity index (χ1n) is 7.31. The van der Waals surface area contributed by atoms with Crippen molar-refractivity contribution in [3.05, 3.63) is 0 Å². The largest absolute Gasteiger partial charge is 0.301 e. The summed E-state index contributed by atoms with van der Waals surface area (Å²) in [6.45, 7) is 15.1. The van der Waals surface area contributed by atoms with Gasteiger partial charge in [0.2, 0.25) is 0 Å². The molecular formula is C15H31N3. The van der Waals surface area contributed by atoms with E-state index in [1.54, 1.807) is 0 Å². The van der Waals surface area contributed by atoms with Crippen LogP contribution < -0.4 is 5.32 Å². The molecule has 2 unspecified atom stereocenters. The number of rotatable bonds is 9. The fourth-order valence-electron chi connectivity index (χ4n) is 2.38. The van der Waals surface area contributed by atoms with E-state index in [0.717, 1.165) is 25.9 Å². The Morgan fingerprint density at radius 3 is 2.28 bits per heavy atom. The van der Waals surface area contributed by atoms with Crippen molar-refractivity contribution in [3.63, 3.8) is 0 Å². The van der Waals surface area contributed by atoms with E-state index >= 15 is 0 Å². The summed E-state index contributed by atoms with van der Waals surface area (Å²) in [6, 6.07) is 3.41. The lowest BCUT2D eigenvalue weighted by Crippen LogP contribution is -2.45. The molecule has 106 valence electrons. The van der Waals surface area contributed by atoms with Crippen LogP contribution in [-0.4, -0.2) is 35.6 Å². The molecule has 0 saturated carbocycles. The average molecular weight is 253 g/mol. The van der Waals surface area contributed by atoms with Crippen LogP contribution in [0.5, 0.6) is 0 Å². The zero-order valence-electron chi connectivity index (χ0n) is 13.1.